The highest BCUT2D eigenvalue weighted by Gasteiger charge is 2.45. The Morgan fingerprint density at radius 3 is 1.63 bits per heavy atom. The zero-order valence-corrected chi connectivity index (χ0v) is 72.4. The van der Waals surface area contributed by atoms with Crippen molar-refractivity contribution in [2.24, 2.45) is 12.0 Å². The average molecular weight is 1850 g/mol. The van der Waals surface area contributed by atoms with Gasteiger partial charge in [-0.15, -0.1) is 24.6 Å². The molecule has 0 saturated heterocycles. The maximum Gasteiger partial charge on any atom is 0.388 e. The summed E-state index contributed by atoms with van der Waals surface area (Å²) in [6.07, 6.45) is 22.8. The molecule has 0 fully saturated rings. The average Bonchev–Trinajstić information content (AvgIpc) is 1.64. The highest BCUT2D eigenvalue weighted by molar-refractivity contribution is 8.00. The van der Waals surface area contributed by atoms with E-state index in [9.17, 15) is 78.7 Å². The van der Waals surface area contributed by atoms with E-state index in [0.717, 1.165) is 143 Å². The summed E-state index contributed by atoms with van der Waals surface area (Å²) in [7, 11) is 2.67. The number of hydrogen-bond acceptors (Lipinski definition) is 20. The second kappa shape index (κ2) is 41.8. The molecular formula is C85H77Cl5F7N9O16S2. The van der Waals surface area contributed by atoms with Crippen molar-refractivity contribution in [2.45, 2.75) is 161 Å². The lowest BCUT2D eigenvalue weighted by atomic mass is 9.93. The Morgan fingerprint density at radius 1 is 0.613 bits per heavy atom. The minimum atomic E-state index is -3.05. The van der Waals surface area contributed by atoms with Crippen molar-refractivity contribution in [1.82, 2.24) is 19.1 Å². The molecule has 1 atom stereocenters. The van der Waals surface area contributed by atoms with Gasteiger partial charge in [-0.2, -0.15) is 13.9 Å². The quantitative estimate of drug-likeness (QED) is 0.0171. The molecule has 0 saturated carbocycles. The molecule has 3 aliphatic carbocycles. The summed E-state index contributed by atoms with van der Waals surface area (Å²) in [6.45, 7) is 3.26. The van der Waals surface area contributed by atoms with Crippen LogP contribution in [0.15, 0.2) is 109 Å². The van der Waals surface area contributed by atoms with Gasteiger partial charge in [0.25, 0.3) is 41.4 Å². The number of ether oxygens (including phenoxy) is 6. The largest absolute Gasteiger partial charge is 0.481 e. The van der Waals surface area contributed by atoms with Gasteiger partial charge in [0.1, 0.15) is 56.9 Å². The number of carbonyl (C=O) groups is 9. The smallest absolute Gasteiger partial charge is 0.388 e. The van der Waals surface area contributed by atoms with E-state index in [2.05, 4.69) is 31.4 Å². The molecule has 25 nitrogen and oxygen atoms in total. The monoisotopic (exact) mass is 1850 g/mol. The van der Waals surface area contributed by atoms with Crippen molar-refractivity contribution in [3.8, 4) is 59.1 Å². The molecule has 0 N–H and O–H groups in total. The number of alkyl halides is 2. The van der Waals surface area contributed by atoms with Crippen molar-refractivity contribution in [3.63, 3.8) is 0 Å². The topological polar surface area (TPSA) is 279 Å². The molecular weight excluding hydrogens is 1780 g/mol. The number of methoxy groups -OCH3 is 1. The first-order valence-corrected chi connectivity index (χ1v) is 42.5. The van der Waals surface area contributed by atoms with Gasteiger partial charge in [0, 0.05) is 87.3 Å². The van der Waals surface area contributed by atoms with Crippen molar-refractivity contribution >= 4 is 163 Å². The molecule has 124 heavy (non-hydrogen) atoms. The lowest BCUT2D eigenvalue weighted by Gasteiger charge is -2.29. The molecule has 39 heteroatoms. The third kappa shape index (κ3) is 21.0. The molecule has 1 unspecified atom stereocenters. The van der Waals surface area contributed by atoms with Gasteiger partial charge in [-0.25, -0.2) is 55.8 Å². The molecule has 5 aliphatic heterocycles. The number of benzene rings is 5. The summed E-state index contributed by atoms with van der Waals surface area (Å²) >= 11 is 31.9. The molecule has 0 bridgehead atoms. The number of nitrogens with zero attached hydrogens (tertiary/aromatic N) is 9. The van der Waals surface area contributed by atoms with Crippen LogP contribution >= 0.6 is 81.1 Å². The maximum absolute atomic E-state index is 14.7. The number of hydrogen-bond donors (Lipinski definition) is 0. The zero-order chi connectivity index (χ0) is 89.8. The lowest BCUT2D eigenvalue weighted by Crippen LogP contribution is -2.39. The van der Waals surface area contributed by atoms with Crippen LogP contribution in [0.25, 0.3) is 11.3 Å². The van der Waals surface area contributed by atoms with Crippen molar-refractivity contribution in [1.29, 1.82) is 0 Å². The van der Waals surface area contributed by atoms with Crippen LogP contribution in [0.3, 0.4) is 0 Å². The Bertz CT molecular complexity index is 5730. The molecule has 8 aliphatic rings. The van der Waals surface area contributed by atoms with Crippen LogP contribution in [-0.4, -0.2) is 124 Å². The number of thioether (sulfide) groups is 1. The van der Waals surface area contributed by atoms with Crippen molar-refractivity contribution < 1.29 is 102 Å². The van der Waals surface area contributed by atoms with Crippen molar-refractivity contribution in [2.75, 3.05) is 58.8 Å². The number of terminal acetylenes is 2. The number of amides is 7. The highest BCUT2D eigenvalue weighted by Crippen LogP contribution is 2.46. The predicted molar refractivity (Wildman–Crippen MR) is 450 cm³/mol. The second-order valence-electron chi connectivity index (χ2n) is 28.6. The first-order valence-electron chi connectivity index (χ1n) is 38.8. The Balaban J connectivity index is 0.000000152. The molecule has 0 spiro atoms. The molecule has 2 aromatic heterocycles. The van der Waals surface area contributed by atoms with Gasteiger partial charge >= 0.3 is 23.4 Å². The van der Waals surface area contributed by atoms with Gasteiger partial charge in [-0.1, -0.05) is 89.6 Å². The van der Waals surface area contributed by atoms with E-state index in [4.69, 9.17) is 89.8 Å². The van der Waals surface area contributed by atoms with Gasteiger partial charge in [0.05, 0.1) is 63.8 Å². The second-order valence-corrected chi connectivity index (χ2v) is 32.5. The van der Waals surface area contributed by atoms with E-state index >= 15 is 0 Å². The fraction of sp³-hybridized carbons (Fsp3) is 0.365. The van der Waals surface area contributed by atoms with E-state index in [-0.39, 0.29) is 118 Å². The summed E-state index contributed by atoms with van der Waals surface area (Å²) in [5, 5.41) is 4.13. The summed E-state index contributed by atoms with van der Waals surface area (Å²) in [5.41, 5.74) is 3.25. The summed E-state index contributed by atoms with van der Waals surface area (Å²) < 4.78 is 131. The van der Waals surface area contributed by atoms with Crippen LogP contribution in [0.4, 0.5) is 59.2 Å². The number of aromatic nitrogens is 4. The summed E-state index contributed by atoms with van der Waals surface area (Å²) in [6, 6.07) is 12.0. The van der Waals surface area contributed by atoms with Crippen LogP contribution in [-0.2, 0) is 72.8 Å². The van der Waals surface area contributed by atoms with Gasteiger partial charge in [-0.05, 0) is 170 Å². The predicted octanol–water partition coefficient (Wildman–Crippen LogP) is 17.1. The molecule has 5 aromatic carbocycles. The number of rotatable bonds is 20. The Labute approximate surface area is 738 Å². The molecule has 654 valence electrons. The third-order valence-corrected chi connectivity index (χ3v) is 24.0. The number of unbranched alkanes of at least 4 members (excludes halogenated alkanes) is 2. The molecule has 7 aromatic rings. The minimum Gasteiger partial charge on any atom is -0.481 e. The highest BCUT2D eigenvalue weighted by atomic mass is 35.5. The van der Waals surface area contributed by atoms with Crippen LogP contribution in [0.2, 0.25) is 25.1 Å². The lowest BCUT2D eigenvalue weighted by molar-refractivity contribution is -0.146. The fourth-order valence-electron chi connectivity index (χ4n) is 14.2. The third-order valence-electron chi connectivity index (χ3n) is 20.3. The number of carbonyl (C=O) groups excluding carboxylic acids is 9. The fourth-order valence-corrected chi connectivity index (χ4v) is 17.0. The van der Waals surface area contributed by atoms with Gasteiger partial charge < -0.3 is 28.4 Å². The summed E-state index contributed by atoms with van der Waals surface area (Å²) in [5.74, 6) is -3.09. The van der Waals surface area contributed by atoms with E-state index in [1.807, 2.05) is 6.92 Å². The SMILES string of the molecule is C#CC(C)Oc1cc(N2C(=O)C3=C(CCCC3)C2=O)c(F)cc1Cl.C#CCN1C(=O)COc2cc(F)c(N3C(=O)C4=C(CCCC4)C3=O)cc21.CCCCCOC(=O)COc1cc(N2C(=O)C3=C(CCCC3)C2=O)c(F)cc1Cl.COC(=O)CSc1cc(N=c2sc(=O)n3n2CCCC3)c(F)cc1Cl.Cc1cc(-c2nn(C)c(OC(F)F)c2Cl)c(F)cc1Cl. The number of anilines is 4. The minimum absolute atomic E-state index is 0.000883. The normalized spacial score (nSPS) is 16.2. The Hall–Kier alpha value is -10.9. The van der Waals surface area contributed by atoms with Crippen LogP contribution < -0.4 is 48.2 Å². The van der Waals surface area contributed by atoms with E-state index < -0.39 is 95.8 Å². The first-order chi connectivity index (χ1) is 59.2. The zero-order valence-electron chi connectivity index (χ0n) is 67.0. The number of halogens is 12. The van der Waals surface area contributed by atoms with Crippen LogP contribution in [0.1, 0.15) is 129 Å². The van der Waals surface area contributed by atoms with Gasteiger partial charge in [0.15, 0.2) is 25.1 Å². The van der Waals surface area contributed by atoms with E-state index in [1.54, 1.807) is 23.2 Å². The molecule has 7 heterocycles. The van der Waals surface area contributed by atoms with Gasteiger partial charge in [0.2, 0.25) is 10.7 Å². The number of esters is 2. The number of fused-ring (bicyclic) bond motifs is 2. The van der Waals surface area contributed by atoms with E-state index in [1.165, 1.54) is 49.4 Å². The van der Waals surface area contributed by atoms with Crippen LogP contribution in [0, 0.1) is 60.7 Å². The summed E-state index contributed by atoms with van der Waals surface area (Å²) in [4.78, 5) is 132. The van der Waals surface area contributed by atoms with Crippen LogP contribution in [0.5, 0.6) is 23.1 Å². The van der Waals surface area contributed by atoms with E-state index in [0.29, 0.717) is 107 Å². The number of imide groups is 3. The Morgan fingerprint density at radius 2 is 1.11 bits per heavy atom. The first kappa shape index (κ1) is 93.8. The molecule has 15 rings (SSSR count). The van der Waals surface area contributed by atoms with Gasteiger partial charge in [-0.3, -0.25) is 52.7 Å². The molecule has 0 radical (unpaired) electrons. The Kier molecular flexibility index (Phi) is 31.6. The maximum atomic E-state index is 14.7. The van der Waals surface area contributed by atoms with Crippen molar-refractivity contribution in [3.05, 3.63) is 168 Å². The molecule has 7 amide bonds. The number of aryl methyl sites for hydroxylation is 2. The standard InChI is InChI=1S/C21H23ClFNO5.C19H15FN2O4.C18H15ClFNO3.C15H15ClFN3O3S2.C12H9Cl2F3N2O/c1-2-3-6-9-28-19(25)12-29-18-11-17(16(23)10-15(18)22)24-20(26)13-7-4-5-8-14(13)21(24)27;1-2-7-21-15-9-14(13(20)8-16(15)26-10-17(21)23)22-18(24)11-5-3-4-6-12(11)19(22)25;1-3-10(2)24-16-9-15(14(20)8-13(16)19)21-17(22)11-6-4-5-7-12(11)18(21)23;1-23-13(21)8-24-12-7-11(10(17)6-9(12)16)18-14-19-4-2-3-5-20(19)15(22)25-14;1-5-3-6(8(15)4-7(5)13)10-9(14)11(19(2)18-10)20-12(16)17/h10-11H,2-9,12H2,1H3;1,8-9H,3-7,10H2;1,8-10H,4-7H2,2H3;6-7H,2-5,8H2,1H3;3-4,12H,1-2H3.